The van der Waals surface area contributed by atoms with Gasteiger partial charge in [0.25, 0.3) is 0 Å². The summed E-state index contributed by atoms with van der Waals surface area (Å²) in [4.78, 5) is 29.9. The number of likely N-dealkylation sites (N-methyl/N-ethyl adjacent to an activating group) is 1. The Morgan fingerprint density at radius 2 is 1.93 bits per heavy atom. The maximum absolute atomic E-state index is 13.2. The highest BCUT2D eigenvalue weighted by molar-refractivity contribution is 5.70. The van der Waals surface area contributed by atoms with E-state index >= 15 is 0 Å². The fraction of sp³-hybridized carbons (Fsp3) is 0.771. The van der Waals surface area contributed by atoms with Crippen molar-refractivity contribution in [3.8, 4) is 0 Å². The quantitative estimate of drug-likeness (QED) is 0.139. The van der Waals surface area contributed by atoms with Crippen LogP contribution in [0.4, 0.5) is 4.79 Å². The van der Waals surface area contributed by atoms with E-state index in [1.165, 1.54) is 0 Å². The molecule has 2 saturated heterocycles. The first-order chi connectivity index (χ1) is 21.6. The van der Waals surface area contributed by atoms with Crippen molar-refractivity contribution in [2.45, 2.75) is 121 Å². The van der Waals surface area contributed by atoms with E-state index in [9.17, 15) is 24.9 Å². The molecule has 10 atom stereocenters. The molecule has 0 aromatic rings. The van der Waals surface area contributed by atoms with Crippen molar-refractivity contribution in [3.05, 3.63) is 36.0 Å². The molecule has 3 heterocycles. The number of hydrogen-bond acceptors (Lipinski definition) is 10. The molecule has 2 fully saturated rings. The Morgan fingerprint density at radius 1 is 1.26 bits per heavy atom. The predicted octanol–water partition coefficient (Wildman–Crippen LogP) is 3.61. The Morgan fingerprint density at radius 3 is 2.57 bits per heavy atom. The van der Waals surface area contributed by atoms with Crippen LogP contribution < -0.4 is 0 Å². The molecule has 3 aliphatic heterocycles. The molecule has 0 saturated carbocycles. The molecule has 46 heavy (non-hydrogen) atoms. The Balaban J connectivity index is 1.77. The standard InChI is InChI=1S/C35H58N2O9/c1-9-27(39)25(4)32-28(44-32)22-34(5,42)15-10-11-23(2)31-24(3)12-13-29(45-33(41)37-19-17-36(7)18-20-37)35(6,43-8)16-14-26(38)21-30(40)46-31/h10-13,15,24-29,31-32,38-39,42H,9,14,16-22H2,1-8H3/b13-12+,15-10+,23-11+. The zero-order valence-corrected chi connectivity index (χ0v) is 29.1. The first-order valence-electron chi connectivity index (χ1n) is 16.8. The molecule has 0 bridgehead atoms. The highest BCUT2D eigenvalue weighted by Gasteiger charge is 2.47. The van der Waals surface area contributed by atoms with Crippen LogP contribution in [0.2, 0.25) is 0 Å². The van der Waals surface area contributed by atoms with Crippen LogP contribution in [0.1, 0.15) is 73.6 Å². The molecule has 262 valence electrons. The van der Waals surface area contributed by atoms with E-state index in [0.29, 0.717) is 32.4 Å². The number of epoxide rings is 1. The van der Waals surface area contributed by atoms with E-state index in [1.807, 2.05) is 47.7 Å². The minimum atomic E-state index is -1.14. The maximum atomic E-state index is 13.2. The van der Waals surface area contributed by atoms with Crippen LogP contribution in [-0.2, 0) is 23.7 Å². The number of cyclic esters (lactones) is 1. The van der Waals surface area contributed by atoms with E-state index in [0.717, 1.165) is 18.7 Å². The lowest BCUT2D eigenvalue weighted by atomic mass is 9.88. The average Bonchev–Trinajstić information content (AvgIpc) is 3.77. The number of carbonyl (C=O) groups excluding carboxylic acids is 2. The van der Waals surface area contributed by atoms with Crippen LogP contribution in [0.25, 0.3) is 0 Å². The smallest absolute Gasteiger partial charge is 0.410 e. The monoisotopic (exact) mass is 650 g/mol. The zero-order chi connectivity index (χ0) is 34.2. The van der Waals surface area contributed by atoms with Gasteiger partial charge in [-0.1, -0.05) is 45.1 Å². The summed E-state index contributed by atoms with van der Waals surface area (Å²) < 4.78 is 23.6. The molecule has 0 aliphatic carbocycles. The number of aliphatic hydroxyl groups is 3. The summed E-state index contributed by atoms with van der Waals surface area (Å²) in [6, 6.07) is 0. The van der Waals surface area contributed by atoms with Gasteiger partial charge in [0.05, 0.1) is 36.4 Å². The Hall–Kier alpha value is -2.28. The van der Waals surface area contributed by atoms with E-state index in [1.54, 1.807) is 43.2 Å². The van der Waals surface area contributed by atoms with Gasteiger partial charge in [0.15, 0.2) is 6.10 Å². The normalized spacial score (nSPS) is 35.3. The van der Waals surface area contributed by atoms with Gasteiger partial charge in [-0.05, 0) is 58.7 Å². The number of carbonyl (C=O) groups is 2. The lowest BCUT2D eigenvalue weighted by molar-refractivity contribution is -0.151. The van der Waals surface area contributed by atoms with Crippen LogP contribution in [0.15, 0.2) is 36.0 Å². The number of esters is 1. The molecular formula is C35H58N2O9. The average molecular weight is 651 g/mol. The predicted molar refractivity (Wildman–Crippen MR) is 175 cm³/mol. The number of methoxy groups -OCH3 is 1. The van der Waals surface area contributed by atoms with Crippen LogP contribution in [0, 0.1) is 11.8 Å². The number of rotatable bonds is 10. The third kappa shape index (κ3) is 10.9. The first kappa shape index (κ1) is 38.2. The van der Waals surface area contributed by atoms with Crippen LogP contribution in [0.3, 0.4) is 0 Å². The van der Waals surface area contributed by atoms with E-state index in [2.05, 4.69) is 4.90 Å². The minimum absolute atomic E-state index is 0.00239. The van der Waals surface area contributed by atoms with E-state index in [4.69, 9.17) is 18.9 Å². The van der Waals surface area contributed by atoms with E-state index < -0.39 is 47.7 Å². The summed E-state index contributed by atoms with van der Waals surface area (Å²) in [5, 5.41) is 31.9. The van der Waals surface area contributed by atoms with Crippen molar-refractivity contribution >= 4 is 12.1 Å². The SMILES string of the molecule is CCC(O)C(C)C1OC1CC(C)(O)/C=C/C=C(\C)C1OC(=O)CC(O)CCC(C)(OC)C(OC(=O)N2CCN(C)CC2)/C=C/C1C. The van der Waals surface area contributed by atoms with Gasteiger partial charge in [-0.3, -0.25) is 4.79 Å². The minimum Gasteiger partial charge on any atom is -0.457 e. The van der Waals surface area contributed by atoms with Gasteiger partial charge in [0.2, 0.25) is 0 Å². The van der Waals surface area contributed by atoms with Crippen molar-refractivity contribution < 1.29 is 43.9 Å². The van der Waals surface area contributed by atoms with Gasteiger partial charge < -0.3 is 44.1 Å². The van der Waals surface area contributed by atoms with Crippen LogP contribution in [-0.4, -0.2) is 125 Å². The van der Waals surface area contributed by atoms with Gasteiger partial charge in [-0.25, -0.2) is 4.79 Å². The van der Waals surface area contributed by atoms with Gasteiger partial charge in [-0.15, -0.1) is 0 Å². The van der Waals surface area contributed by atoms with Gasteiger partial charge in [0.1, 0.15) is 11.7 Å². The summed E-state index contributed by atoms with van der Waals surface area (Å²) in [6.45, 7) is 13.9. The first-order valence-corrected chi connectivity index (χ1v) is 16.8. The molecule has 3 N–H and O–H groups in total. The molecule has 0 aromatic carbocycles. The maximum Gasteiger partial charge on any atom is 0.410 e. The molecule has 3 aliphatic rings. The number of hydrogen-bond donors (Lipinski definition) is 3. The van der Waals surface area contributed by atoms with Gasteiger partial charge in [-0.2, -0.15) is 0 Å². The Bertz CT molecular complexity index is 1100. The second kappa shape index (κ2) is 16.7. The summed E-state index contributed by atoms with van der Waals surface area (Å²) in [5.41, 5.74) is -1.34. The van der Waals surface area contributed by atoms with Gasteiger partial charge in [0, 0.05) is 51.5 Å². The molecule has 1 amide bonds. The van der Waals surface area contributed by atoms with Crippen molar-refractivity contribution in [1.29, 1.82) is 0 Å². The van der Waals surface area contributed by atoms with Crippen molar-refractivity contribution in [3.63, 3.8) is 0 Å². The number of amides is 1. The number of allylic oxidation sites excluding steroid dienone is 2. The van der Waals surface area contributed by atoms with Crippen molar-refractivity contribution in [1.82, 2.24) is 9.80 Å². The Kier molecular flexibility index (Phi) is 13.9. The van der Waals surface area contributed by atoms with Crippen molar-refractivity contribution in [2.24, 2.45) is 11.8 Å². The molecule has 0 radical (unpaired) electrons. The zero-order valence-electron chi connectivity index (χ0n) is 29.1. The molecule has 0 spiro atoms. The number of nitrogens with zero attached hydrogens (tertiary/aromatic N) is 2. The van der Waals surface area contributed by atoms with Crippen molar-refractivity contribution in [2.75, 3.05) is 40.3 Å². The highest BCUT2D eigenvalue weighted by Crippen LogP contribution is 2.37. The fourth-order valence-corrected chi connectivity index (χ4v) is 6.18. The fourth-order valence-electron chi connectivity index (χ4n) is 6.18. The summed E-state index contributed by atoms with van der Waals surface area (Å²) in [6.07, 6.45) is 6.98. The molecule has 11 heteroatoms. The Labute approximate surface area is 275 Å². The second-order valence-corrected chi connectivity index (χ2v) is 14.0. The molecule has 3 rings (SSSR count). The van der Waals surface area contributed by atoms with Crippen LogP contribution in [0.5, 0.6) is 0 Å². The lowest BCUT2D eigenvalue weighted by Crippen LogP contribution is -2.50. The summed E-state index contributed by atoms with van der Waals surface area (Å²) in [5.74, 6) is -0.833. The van der Waals surface area contributed by atoms with E-state index in [-0.39, 0.29) is 36.9 Å². The lowest BCUT2D eigenvalue weighted by Gasteiger charge is -2.38. The molecule has 10 unspecified atom stereocenters. The topological polar surface area (TPSA) is 142 Å². The number of ether oxygens (including phenoxy) is 4. The molecule has 0 aromatic heterocycles. The summed E-state index contributed by atoms with van der Waals surface area (Å²) >= 11 is 0. The third-order valence-electron chi connectivity index (χ3n) is 9.80. The number of aliphatic hydroxyl groups excluding tert-OH is 2. The highest BCUT2D eigenvalue weighted by atomic mass is 16.6. The number of piperazine rings is 1. The second-order valence-electron chi connectivity index (χ2n) is 14.0. The van der Waals surface area contributed by atoms with Gasteiger partial charge >= 0.3 is 12.1 Å². The molecular weight excluding hydrogens is 592 g/mol. The summed E-state index contributed by atoms with van der Waals surface area (Å²) in [7, 11) is 3.58. The van der Waals surface area contributed by atoms with Crippen LogP contribution >= 0.6 is 0 Å². The molecule has 11 nitrogen and oxygen atoms in total. The third-order valence-corrected chi connectivity index (χ3v) is 9.80. The largest absolute Gasteiger partial charge is 0.457 e.